The van der Waals surface area contributed by atoms with Crippen LogP contribution in [0, 0.1) is 0 Å². The minimum Gasteiger partial charge on any atom is -0.269 e. The first kappa shape index (κ1) is 6.67. The maximum Gasteiger partial charge on any atom is 0.350 e. The van der Waals surface area contributed by atoms with Gasteiger partial charge >= 0.3 is 6.03 Å². The van der Waals surface area contributed by atoms with E-state index in [1.165, 1.54) is 13.3 Å². The molecule has 0 aliphatic carbocycles. The highest BCUT2D eigenvalue weighted by molar-refractivity contribution is 6.21. The lowest BCUT2D eigenvalue weighted by Gasteiger charge is -2.15. The van der Waals surface area contributed by atoms with Gasteiger partial charge in [0, 0.05) is 13.3 Å². The van der Waals surface area contributed by atoms with E-state index < -0.39 is 6.03 Å². The van der Waals surface area contributed by atoms with Crippen molar-refractivity contribution in [3.8, 4) is 0 Å². The van der Waals surface area contributed by atoms with Gasteiger partial charge in [-0.2, -0.15) is 0 Å². The maximum absolute atomic E-state index is 10.8. The summed E-state index contributed by atoms with van der Waals surface area (Å²) in [6.07, 6.45) is 1.17. The van der Waals surface area contributed by atoms with Crippen molar-refractivity contribution in [2.45, 2.75) is 0 Å². The van der Waals surface area contributed by atoms with Gasteiger partial charge in [-0.15, -0.1) is 0 Å². The van der Waals surface area contributed by atoms with Gasteiger partial charge in [-0.25, -0.2) is 9.79 Å². The summed E-state index contributed by atoms with van der Waals surface area (Å²) >= 11 is 0. The fourth-order valence-corrected chi connectivity index (χ4v) is 0.577. The second-order valence-electron chi connectivity index (χ2n) is 1.93. The van der Waals surface area contributed by atoms with Crippen LogP contribution in [-0.4, -0.2) is 30.1 Å². The van der Waals surface area contributed by atoms with Crippen molar-refractivity contribution in [2.75, 3.05) is 7.05 Å². The summed E-state index contributed by atoms with van der Waals surface area (Å²) in [6.45, 7) is 3.39. The second-order valence-corrected chi connectivity index (χ2v) is 1.93. The third-order valence-corrected chi connectivity index (χ3v) is 1.20. The van der Waals surface area contributed by atoms with E-state index in [0.29, 0.717) is 0 Å². The van der Waals surface area contributed by atoms with Crippen molar-refractivity contribution in [1.82, 2.24) is 4.90 Å². The molecule has 1 aliphatic rings. The molecule has 3 amide bonds. The van der Waals surface area contributed by atoms with Crippen LogP contribution in [0.2, 0.25) is 0 Å². The number of carbonyl (C=O) groups excluding carboxylic acids is 2. The fraction of sp³-hybridized carbons (Fsp3) is 0.167. The summed E-state index contributed by atoms with van der Waals surface area (Å²) in [7, 11) is 1.37. The quantitative estimate of drug-likeness (QED) is 0.449. The Labute approximate surface area is 57.8 Å². The predicted molar refractivity (Wildman–Crippen MR) is 35.8 cm³/mol. The topological polar surface area (TPSA) is 49.7 Å². The molecule has 10 heavy (non-hydrogen) atoms. The summed E-state index contributed by atoms with van der Waals surface area (Å²) < 4.78 is 0. The van der Waals surface area contributed by atoms with Gasteiger partial charge in [0.2, 0.25) is 0 Å². The molecule has 0 atom stereocenters. The maximum atomic E-state index is 10.8. The van der Waals surface area contributed by atoms with Crippen LogP contribution in [0.3, 0.4) is 0 Å². The molecule has 0 bridgehead atoms. The normalized spacial score (nSPS) is 18.5. The SMILES string of the molecule is C=C1C=NC(=O)N(C)C1=O. The molecule has 0 radical (unpaired) electrons. The lowest BCUT2D eigenvalue weighted by Crippen LogP contribution is -2.35. The van der Waals surface area contributed by atoms with Crippen molar-refractivity contribution in [2.24, 2.45) is 4.99 Å². The Morgan fingerprint density at radius 3 is 2.70 bits per heavy atom. The van der Waals surface area contributed by atoms with E-state index >= 15 is 0 Å². The first-order valence-corrected chi connectivity index (χ1v) is 2.68. The molecule has 0 aromatic heterocycles. The van der Waals surface area contributed by atoms with E-state index in [1.807, 2.05) is 0 Å². The Kier molecular flexibility index (Phi) is 1.37. The standard InChI is InChI=1S/C6H6N2O2/c1-4-3-7-6(10)8(2)5(4)9/h3H,1H2,2H3. The highest BCUT2D eigenvalue weighted by Crippen LogP contribution is 2.02. The summed E-state index contributed by atoms with van der Waals surface area (Å²) in [4.78, 5) is 25.8. The summed E-state index contributed by atoms with van der Waals surface area (Å²) in [5.41, 5.74) is 0.238. The first-order chi connectivity index (χ1) is 4.63. The predicted octanol–water partition coefficient (Wildman–Crippen LogP) is 0.205. The molecular weight excluding hydrogens is 132 g/mol. The monoisotopic (exact) mass is 138 g/mol. The number of imide groups is 1. The molecule has 0 spiro atoms. The van der Waals surface area contributed by atoms with Crippen LogP contribution in [0.15, 0.2) is 17.1 Å². The fourth-order valence-electron chi connectivity index (χ4n) is 0.577. The molecule has 0 saturated carbocycles. The lowest BCUT2D eigenvalue weighted by molar-refractivity contribution is -0.122. The van der Waals surface area contributed by atoms with Gasteiger partial charge in [0.25, 0.3) is 5.91 Å². The molecule has 1 rings (SSSR count). The molecule has 1 heterocycles. The number of hydrogen-bond acceptors (Lipinski definition) is 2. The Balaban J connectivity index is 3.00. The summed E-state index contributed by atoms with van der Waals surface area (Å²) in [5.74, 6) is -0.389. The van der Waals surface area contributed by atoms with Crippen molar-refractivity contribution in [3.05, 3.63) is 12.2 Å². The minimum atomic E-state index is -0.544. The molecule has 4 heteroatoms. The summed E-state index contributed by atoms with van der Waals surface area (Å²) in [6, 6.07) is -0.544. The number of nitrogens with zero attached hydrogens (tertiary/aromatic N) is 2. The zero-order valence-corrected chi connectivity index (χ0v) is 5.50. The molecule has 0 N–H and O–H groups in total. The molecule has 0 aromatic rings. The van der Waals surface area contributed by atoms with E-state index in [0.717, 1.165) is 4.90 Å². The van der Waals surface area contributed by atoms with Crippen LogP contribution in [-0.2, 0) is 4.79 Å². The van der Waals surface area contributed by atoms with Crippen LogP contribution in [0.4, 0.5) is 4.79 Å². The molecule has 1 aliphatic heterocycles. The van der Waals surface area contributed by atoms with Crippen LogP contribution < -0.4 is 0 Å². The molecule has 0 saturated heterocycles. The highest BCUT2D eigenvalue weighted by Gasteiger charge is 2.21. The number of carbonyl (C=O) groups is 2. The van der Waals surface area contributed by atoms with Crippen molar-refractivity contribution >= 4 is 18.2 Å². The zero-order chi connectivity index (χ0) is 7.72. The van der Waals surface area contributed by atoms with Crippen molar-refractivity contribution < 1.29 is 9.59 Å². The van der Waals surface area contributed by atoms with E-state index in [1.54, 1.807) is 0 Å². The van der Waals surface area contributed by atoms with Gasteiger partial charge in [-0.1, -0.05) is 6.58 Å². The Hall–Kier alpha value is -1.45. The second kappa shape index (κ2) is 2.06. The Morgan fingerprint density at radius 1 is 1.60 bits per heavy atom. The number of likely N-dealkylation sites (N-methyl/N-ethyl adjacent to an activating group) is 1. The molecule has 4 nitrogen and oxygen atoms in total. The lowest BCUT2D eigenvalue weighted by atomic mass is 10.3. The highest BCUT2D eigenvalue weighted by atomic mass is 16.2. The van der Waals surface area contributed by atoms with Crippen LogP contribution in [0.5, 0.6) is 0 Å². The van der Waals surface area contributed by atoms with Gasteiger partial charge in [0.15, 0.2) is 0 Å². The first-order valence-electron chi connectivity index (χ1n) is 2.68. The van der Waals surface area contributed by atoms with Crippen LogP contribution >= 0.6 is 0 Å². The third-order valence-electron chi connectivity index (χ3n) is 1.20. The number of rotatable bonds is 0. The van der Waals surface area contributed by atoms with E-state index in [4.69, 9.17) is 0 Å². The smallest absolute Gasteiger partial charge is 0.269 e. The average Bonchev–Trinajstić information content (AvgIpc) is 1.93. The van der Waals surface area contributed by atoms with E-state index in [2.05, 4.69) is 11.6 Å². The van der Waals surface area contributed by atoms with Gasteiger partial charge in [-0.05, 0) is 0 Å². The largest absolute Gasteiger partial charge is 0.350 e. The Morgan fingerprint density at radius 2 is 2.20 bits per heavy atom. The van der Waals surface area contributed by atoms with E-state index in [-0.39, 0.29) is 11.5 Å². The van der Waals surface area contributed by atoms with Crippen LogP contribution in [0.25, 0.3) is 0 Å². The number of amides is 3. The van der Waals surface area contributed by atoms with Gasteiger partial charge in [0.05, 0.1) is 5.57 Å². The summed E-state index contributed by atoms with van der Waals surface area (Å²) in [5, 5.41) is 0. The molecular formula is C6H6N2O2. The van der Waals surface area contributed by atoms with Gasteiger partial charge in [-0.3, -0.25) is 9.69 Å². The number of aliphatic imine (C=N–C) groups is 1. The molecule has 0 aromatic carbocycles. The molecule has 0 unspecified atom stereocenters. The van der Waals surface area contributed by atoms with E-state index in [9.17, 15) is 9.59 Å². The molecule has 52 valence electrons. The zero-order valence-electron chi connectivity index (χ0n) is 5.50. The number of urea groups is 1. The van der Waals surface area contributed by atoms with Crippen molar-refractivity contribution in [3.63, 3.8) is 0 Å². The van der Waals surface area contributed by atoms with Crippen LogP contribution in [0.1, 0.15) is 0 Å². The Bertz CT molecular complexity index is 242. The van der Waals surface area contributed by atoms with Gasteiger partial charge < -0.3 is 0 Å². The third kappa shape index (κ3) is 0.834. The van der Waals surface area contributed by atoms with Crippen molar-refractivity contribution in [1.29, 1.82) is 0 Å². The average molecular weight is 138 g/mol. The molecule has 0 fully saturated rings. The van der Waals surface area contributed by atoms with Gasteiger partial charge in [0.1, 0.15) is 0 Å². The minimum absolute atomic E-state index is 0.238. The number of hydrogen-bond donors (Lipinski definition) is 0.